The van der Waals surface area contributed by atoms with Gasteiger partial charge >= 0.3 is 0 Å². The molecule has 220 valence electrons. The number of hydrogen-bond donors (Lipinski definition) is 2. The van der Waals surface area contributed by atoms with Gasteiger partial charge in [-0.1, -0.05) is 32.0 Å². The number of hydrogen-bond acceptors (Lipinski definition) is 6. The van der Waals surface area contributed by atoms with Crippen molar-refractivity contribution in [3.05, 3.63) is 53.3 Å². The summed E-state index contributed by atoms with van der Waals surface area (Å²) < 4.78 is 35.9. The van der Waals surface area contributed by atoms with Crippen molar-refractivity contribution in [1.82, 2.24) is 9.80 Å². The summed E-state index contributed by atoms with van der Waals surface area (Å²) in [6.07, 6.45) is 1.79. The van der Waals surface area contributed by atoms with Crippen LogP contribution in [0, 0.1) is 23.1 Å². The lowest BCUT2D eigenvalue weighted by Gasteiger charge is -2.36. The second-order valence-corrected chi connectivity index (χ2v) is 11.1. The van der Waals surface area contributed by atoms with Crippen molar-refractivity contribution < 1.29 is 28.2 Å². The molecule has 2 aliphatic heterocycles. The Morgan fingerprint density at radius 3 is 2.54 bits per heavy atom. The number of likely N-dealkylation sites (tertiary alicyclic amines) is 2. The molecule has 0 bridgehead atoms. The first-order valence-corrected chi connectivity index (χ1v) is 14.2. The largest absolute Gasteiger partial charge is 0.492 e. The zero-order valence-corrected chi connectivity index (χ0v) is 23.6. The van der Waals surface area contributed by atoms with E-state index in [4.69, 9.17) is 10.5 Å². The van der Waals surface area contributed by atoms with Gasteiger partial charge in [-0.25, -0.2) is 8.78 Å². The van der Waals surface area contributed by atoms with Crippen LogP contribution in [-0.2, 0) is 4.79 Å². The van der Waals surface area contributed by atoms with Gasteiger partial charge in [-0.2, -0.15) is 5.26 Å². The first-order chi connectivity index (χ1) is 19.6. The maximum absolute atomic E-state index is 15.1. The number of nitrogens with two attached hydrogens (primary N) is 1. The highest BCUT2D eigenvalue weighted by atomic mass is 19.1. The van der Waals surface area contributed by atoms with Gasteiger partial charge in [0.15, 0.2) is 0 Å². The first-order valence-electron chi connectivity index (χ1n) is 14.2. The number of benzene rings is 2. The number of nitrogens with zero attached hydrogens (tertiary/aromatic N) is 3. The molecule has 2 aromatic rings. The Hall–Kier alpha value is -3.55. The number of carbonyl (C=O) groups is 2. The topological polar surface area (TPSA) is 120 Å². The zero-order chi connectivity index (χ0) is 29.7. The Morgan fingerprint density at radius 2 is 1.90 bits per heavy atom. The standard InChI is InChI=1S/C31H38F2N4O4/c1-3-31(33,4-2)19-36-12-10-20(11-13-36)18-41-27-9-8-21(14-22(27)16-34)24-6-5-7-25(32)28(24)30(40)37-17-23(38)15-26(37)29(35)39/h5-9,14,20,23,26,38H,3-4,10-13,15,17-19H2,1-2H3,(H2,35,39)/t23-,26+/m1/s1. The Bertz CT molecular complexity index is 1300. The number of carbonyl (C=O) groups excluding carboxylic acids is 2. The lowest BCUT2D eigenvalue weighted by Crippen LogP contribution is -2.44. The summed E-state index contributed by atoms with van der Waals surface area (Å²) in [6.45, 7) is 6.08. The predicted molar refractivity (Wildman–Crippen MR) is 150 cm³/mol. The molecule has 2 atom stereocenters. The number of alkyl halides is 1. The minimum absolute atomic E-state index is 0.0113. The van der Waals surface area contributed by atoms with Crippen LogP contribution < -0.4 is 10.5 Å². The van der Waals surface area contributed by atoms with E-state index < -0.39 is 35.4 Å². The van der Waals surface area contributed by atoms with Gasteiger partial charge in [-0.15, -0.1) is 0 Å². The van der Waals surface area contributed by atoms with E-state index in [1.165, 1.54) is 6.07 Å². The number of β-amino-alcohol motifs (C(OH)–C–C–N with tert-alkyl or cyclic N) is 1. The molecule has 2 aromatic carbocycles. The Labute approximate surface area is 239 Å². The van der Waals surface area contributed by atoms with Crippen LogP contribution in [0.2, 0.25) is 0 Å². The summed E-state index contributed by atoms with van der Waals surface area (Å²) in [5.74, 6) is -1.66. The van der Waals surface area contributed by atoms with Gasteiger partial charge < -0.3 is 25.4 Å². The highest BCUT2D eigenvalue weighted by molar-refractivity contribution is 6.03. The Morgan fingerprint density at radius 1 is 1.20 bits per heavy atom. The fourth-order valence-corrected chi connectivity index (χ4v) is 5.74. The number of primary amides is 1. The summed E-state index contributed by atoms with van der Waals surface area (Å²) >= 11 is 0. The highest BCUT2D eigenvalue weighted by Crippen LogP contribution is 2.33. The third-order valence-corrected chi connectivity index (χ3v) is 8.46. The minimum atomic E-state index is -1.15. The average Bonchev–Trinajstić information content (AvgIpc) is 3.38. The molecule has 2 saturated heterocycles. The molecule has 0 spiro atoms. The molecule has 0 aromatic heterocycles. The second-order valence-electron chi connectivity index (χ2n) is 11.1. The molecule has 3 N–H and O–H groups in total. The second kappa shape index (κ2) is 13.0. The summed E-state index contributed by atoms with van der Waals surface area (Å²) in [7, 11) is 0. The molecule has 0 saturated carbocycles. The summed E-state index contributed by atoms with van der Waals surface area (Å²) in [6, 6.07) is 10.1. The van der Waals surface area contributed by atoms with Crippen LogP contribution in [0.4, 0.5) is 8.78 Å². The molecule has 2 heterocycles. The molecule has 4 rings (SSSR count). The molecule has 2 fully saturated rings. The van der Waals surface area contributed by atoms with E-state index in [1.807, 2.05) is 13.8 Å². The Balaban J connectivity index is 1.47. The minimum Gasteiger partial charge on any atom is -0.492 e. The van der Waals surface area contributed by atoms with Gasteiger partial charge in [0.1, 0.15) is 29.3 Å². The normalized spacial score (nSPS) is 20.1. The van der Waals surface area contributed by atoms with Crippen molar-refractivity contribution in [3.63, 3.8) is 0 Å². The number of nitriles is 1. The number of ether oxygens (including phenoxy) is 1. The number of aliphatic hydroxyl groups excluding tert-OH is 1. The summed E-state index contributed by atoms with van der Waals surface area (Å²) in [4.78, 5) is 28.6. The molecule has 8 nitrogen and oxygen atoms in total. The van der Waals surface area contributed by atoms with Crippen LogP contribution in [0.25, 0.3) is 11.1 Å². The molecule has 0 aliphatic carbocycles. The van der Waals surface area contributed by atoms with Crippen LogP contribution in [0.1, 0.15) is 61.9 Å². The highest BCUT2D eigenvalue weighted by Gasteiger charge is 2.39. The van der Waals surface area contributed by atoms with Crippen molar-refractivity contribution >= 4 is 11.8 Å². The van der Waals surface area contributed by atoms with Crippen LogP contribution in [-0.4, -0.2) is 77.3 Å². The average molecular weight is 569 g/mol. The van der Waals surface area contributed by atoms with Crippen molar-refractivity contribution in [1.29, 1.82) is 5.26 Å². The van der Waals surface area contributed by atoms with E-state index in [-0.39, 0.29) is 35.6 Å². The summed E-state index contributed by atoms with van der Waals surface area (Å²) in [5, 5.41) is 19.9. The van der Waals surface area contributed by atoms with Gasteiger partial charge in [-0.05, 0) is 74.0 Å². The number of rotatable bonds is 10. The number of aliphatic hydroxyl groups is 1. The fourth-order valence-electron chi connectivity index (χ4n) is 5.74. The van der Waals surface area contributed by atoms with Gasteiger partial charge in [0.25, 0.3) is 5.91 Å². The molecule has 2 amide bonds. The molecule has 41 heavy (non-hydrogen) atoms. The van der Waals surface area contributed by atoms with E-state index in [0.29, 0.717) is 37.3 Å². The van der Waals surface area contributed by atoms with Crippen LogP contribution >= 0.6 is 0 Å². The number of halogens is 2. The predicted octanol–water partition coefficient (Wildman–Crippen LogP) is 4.04. The van der Waals surface area contributed by atoms with Crippen molar-refractivity contribution in [2.75, 3.05) is 32.8 Å². The molecule has 0 unspecified atom stereocenters. The SMILES string of the molecule is CCC(F)(CC)CN1CCC(COc2ccc(-c3cccc(F)c3C(=O)N3C[C@H](O)C[C@H]3C(N)=O)cc2C#N)CC1. The monoisotopic (exact) mass is 568 g/mol. The van der Waals surface area contributed by atoms with Gasteiger partial charge in [0, 0.05) is 19.5 Å². The van der Waals surface area contributed by atoms with Crippen LogP contribution in [0.3, 0.4) is 0 Å². The maximum atomic E-state index is 15.1. The van der Waals surface area contributed by atoms with E-state index in [9.17, 15) is 24.3 Å². The molecular formula is C31H38F2N4O4. The van der Waals surface area contributed by atoms with E-state index in [0.717, 1.165) is 36.9 Å². The quantitative estimate of drug-likeness (QED) is 0.446. The van der Waals surface area contributed by atoms with E-state index in [1.54, 1.807) is 24.3 Å². The van der Waals surface area contributed by atoms with Crippen LogP contribution in [0.5, 0.6) is 5.75 Å². The van der Waals surface area contributed by atoms with Crippen molar-refractivity contribution in [3.8, 4) is 22.9 Å². The summed E-state index contributed by atoms with van der Waals surface area (Å²) in [5.41, 5.74) is 4.93. The molecular weight excluding hydrogens is 530 g/mol. The smallest absolute Gasteiger partial charge is 0.258 e. The number of amides is 2. The Kier molecular flexibility index (Phi) is 9.61. The molecule has 10 heteroatoms. The lowest BCUT2D eigenvalue weighted by atomic mass is 9.94. The fraction of sp³-hybridized carbons (Fsp3) is 0.516. The van der Waals surface area contributed by atoms with Crippen LogP contribution in [0.15, 0.2) is 36.4 Å². The first kappa shape index (κ1) is 30.4. The molecule has 2 aliphatic rings. The van der Waals surface area contributed by atoms with Gasteiger partial charge in [-0.3, -0.25) is 9.59 Å². The van der Waals surface area contributed by atoms with Crippen molar-refractivity contribution in [2.45, 2.75) is 63.8 Å². The van der Waals surface area contributed by atoms with Gasteiger partial charge in [0.05, 0.1) is 23.8 Å². The van der Waals surface area contributed by atoms with E-state index >= 15 is 4.39 Å². The zero-order valence-electron chi connectivity index (χ0n) is 23.6. The third kappa shape index (κ3) is 6.85. The maximum Gasteiger partial charge on any atom is 0.258 e. The van der Waals surface area contributed by atoms with Gasteiger partial charge in [0.2, 0.25) is 5.91 Å². The number of piperidine rings is 1. The lowest BCUT2D eigenvalue weighted by molar-refractivity contribution is -0.121. The van der Waals surface area contributed by atoms with Crippen molar-refractivity contribution in [2.24, 2.45) is 11.7 Å². The third-order valence-electron chi connectivity index (χ3n) is 8.46. The van der Waals surface area contributed by atoms with E-state index in [2.05, 4.69) is 11.0 Å². The molecule has 0 radical (unpaired) electrons.